The molecule has 3 saturated heterocycles. The third kappa shape index (κ3) is 21.7. The third-order valence-electron chi connectivity index (χ3n) is 14.3. The van der Waals surface area contributed by atoms with Crippen LogP contribution in [-0.4, -0.2) is 185 Å². The fourth-order valence-electron chi connectivity index (χ4n) is 9.99. The number of carbonyl (C=O) groups excluding carboxylic acids is 8. The quantitative estimate of drug-likeness (QED) is 0.0135. The number of benzene rings is 1. The van der Waals surface area contributed by atoms with Crippen molar-refractivity contribution in [2.45, 2.75) is 209 Å². The molecule has 27 nitrogen and oxygen atoms in total. The number of phenolic OH excluding ortho intramolecular Hbond substituents is 1. The number of aliphatic hydroxyl groups excluding tert-OH is 6. The molecular weight excluding hydrogens is 1080 g/mol. The molecule has 0 aliphatic carbocycles. The first kappa shape index (κ1) is 69.8. The average molecular weight is 1170 g/mol. The molecule has 4 rings (SSSR count). The molecule has 3 fully saturated rings. The molecule has 0 saturated carbocycles. The molecule has 8 amide bonds. The molecule has 3 aliphatic rings. The van der Waals surface area contributed by atoms with E-state index in [0.29, 0.717) is 6.42 Å². The molecule has 80 heavy (non-hydrogen) atoms. The van der Waals surface area contributed by atoms with Gasteiger partial charge in [-0.15, -0.1) is 4.33 Å². The van der Waals surface area contributed by atoms with Crippen molar-refractivity contribution in [3.63, 3.8) is 0 Å². The summed E-state index contributed by atoms with van der Waals surface area (Å²) in [5.74, 6) is -10.5. The first-order chi connectivity index (χ1) is 37.6. The molecule has 13 atom stereocenters. The van der Waals surface area contributed by atoms with Gasteiger partial charge in [0.1, 0.15) is 36.3 Å². The number of aliphatic hydroxyl groups is 6. The number of aromatic hydroxyl groups is 1. The summed E-state index contributed by atoms with van der Waals surface area (Å²) in [7, 11) is 0. The van der Waals surface area contributed by atoms with Gasteiger partial charge in [-0.3, -0.25) is 43.4 Å². The minimum Gasteiger partial charge on any atom is -0.691 e. The topological polar surface area (TPSA) is 422 Å². The zero-order valence-corrected chi connectivity index (χ0v) is 48.8. The Morgan fingerprint density at radius 1 is 0.775 bits per heavy atom. The Bertz CT molecular complexity index is 2190. The molecule has 3 aliphatic heterocycles. The van der Waals surface area contributed by atoms with Gasteiger partial charge in [-0.1, -0.05) is 97.0 Å². The molecule has 0 spiro atoms. The minimum absolute atomic E-state index is 0. The molecule has 3 heterocycles. The molecule has 0 aromatic heterocycles. The summed E-state index contributed by atoms with van der Waals surface area (Å²) in [6, 6.07) is -7.80. The van der Waals surface area contributed by atoms with Crippen LogP contribution in [0.2, 0.25) is 0 Å². The first-order valence-corrected chi connectivity index (χ1v) is 27.8. The standard InChI is InChI=1S/C51H82N8O19S.Na/c1-4-5-6-7-8-9-10-11-12-13-14-15-16-17-40(67)54-33-22-31(61)25-53-49(72)44-45(68)28(2)26-59(44)51(74)43(37(65)24-39(52)66)57-48(71)42(36(64)20-30-18-19-35(63)38(21-30)76-79-78-77-75)56-47(70)34-23-32(62)27-58(34)50(73)41(29(3)60)55-46(33)69;/h18-19,21,28-29,31-34,36-37,41-45,60-65,68,75H,4-17,20,22-27H2,1-3H3,(H2,52,66)(H,53,72)(H,54,67)(H,55,69)(H,56,70)(H,57,71);/q;+1/p-1/t28?,29?,31?,32?,33-,34?,36?,37?,41?,42?,43?,44?,45?;/m0./s1. The van der Waals surface area contributed by atoms with Crippen molar-refractivity contribution in [3.8, 4) is 11.5 Å². The molecule has 1 aromatic carbocycles. The van der Waals surface area contributed by atoms with E-state index in [9.17, 15) is 79.4 Å². The molecule has 0 bridgehead atoms. The number of amides is 8. The SMILES string of the molecule is CCCCCCCCCCCCCCCC(=O)N[C@H]1CC(O)CNC(=O)C2C(O)C(C)CN2C(=O)C(C(O)CC(N)=O)NC(=O)C(C(O)Cc2ccc(O)c(OSOO[O-])c2)NC(=O)C2CC(O)CN2C(=O)C(C(C)O)NC1=O.[Na+]. The van der Waals surface area contributed by atoms with Crippen molar-refractivity contribution >= 4 is 59.6 Å². The maximum Gasteiger partial charge on any atom is 1.00 e. The summed E-state index contributed by atoms with van der Waals surface area (Å²) in [6.45, 7) is 3.24. The summed E-state index contributed by atoms with van der Waals surface area (Å²) in [5, 5.41) is 103. The number of nitrogens with zero attached hydrogens (tertiary/aromatic N) is 2. The maximum absolute atomic E-state index is 14.6. The Balaban J connectivity index is 0.0000168. The van der Waals surface area contributed by atoms with Gasteiger partial charge < -0.3 is 87.3 Å². The molecule has 29 heteroatoms. The first-order valence-electron chi connectivity index (χ1n) is 27.2. The number of primary amides is 1. The van der Waals surface area contributed by atoms with Crippen LogP contribution in [0.15, 0.2) is 18.2 Å². The number of rotatable bonds is 26. The van der Waals surface area contributed by atoms with Gasteiger partial charge >= 0.3 is 29.6 Å². The number of nitrogens with one attached hydrogen (secondary N) is 5. The zero-order valence-electron chi connectivity index (χ0n) is 46.0. The molecule has 12 unspecified atom stereocenters. The number of fused-ring (bicyclic) bond motifs is 2. The van der Waals surface area contributed by atoms with Crippen LogP contribution in [0.1, 0.15) is 135 Å². The van der Waals surface area contributed by atoms with E-state index < -0.39 is 171 Å². The van der Waals surface area contributed by atoms with Crippen molar-refractivity contribution in [2.24, 2.45) is 11.7 Å². The Morgan fingerprint density at radius 3 is 1.96 bits per heavy atom. The van der Waals surface area contributed by atoms with Crippen LogP contribution in [0.3, 0.4) is 0 Å². The van der Waals surface area contributed by atoms with Crippen LogP contribution in [0.25, 0.3) is 0 Å². The number of phenols is 1. The van der Waals surface area contributed by atoms with Crippen LogP contribution in [0.4, 0.5) is 0 Å². The number of unbranched alkanes of at least 4 members (excludes halogenated alkanes) is 12. The molecule has 1 aromatic rings. The summed E-state index contributed by atoms with van der Waals surface area (Å²) in [5.41, 5.74) is 5.47. The second-order valence-corrected chi connectivity index (χ2v) is 21.3. The average Bonchev–Trinajstić information content (AvgIpc) is 3.95. The van der Waals surface area contributed by atoms with Gasteiger partial charge in [-0.2, -0.15) is 0 Å². The van der Waals surface area contributed by atoms with E-state index in [1.807, 2.05) is 0 Å². The summed E-state index contributed by atoms with van der Waals surface area (Å²) in [4.78, 5) is 113. The van der Waals surface area contributed by atoms with Crippen LogP contribution >= 0.6 is 12.3 Å². The fourth-order valence-corrected chi connectivity index (χ4v) is 10.2. The largest absolute Gasteiger partial charge is 1.00 e. The van der Waals surface area contributed by atoms with Gasteiger partial charge in [0.2, 0.25) is 47.3 Å². The third-order valence-corrected chi connectivity index (χ3v) is 14.7. The Labute approximate surface area is 491 Å². The zero-order chi connectivity index (χ0) is 58.3. The molecule has 14 N–H and O–H groups in total. The molecule has 446 valence electrons. The van der Waals surface area contributed by atoms with Gasteiger partial charge in [-0.05, 0) is 31.0 Å². The van der Waals surface area contributed by atoms with Crippen LogP contribution in [-0.2, 0) is 54.1 Å². The van der Waals surface area contributed by atoms with Crippen LogP contribution in [0, 0.1) is 5.92 Å². The van der Waals surface area contributed by atoms with E-state index in [-0.39, 0.29) is 66.2 Å². The van der Waals surface area contributed by atoms with E-state index in [2.05, 4.69) is 42.9 Å². The van der Waals surface area contributed by atoms with E-state index in [4.69, 9.17) is 9.92 Å². The van der Waals surface area contributed by atoms with Crippen molar-refractivity contribution in [2.75, 3.05) is 19.6 Å². The van der Waals surface area contributed by atoms with Crippen LogP contribution in [0.5, 0.6) is 11.5 Å². The van der Waals surface area contributed by atoms with E-state index in [1.165, 1.54) is 57.9 Å². The van der Waals surface area contributed by atoms with E-state index >= 15 is 0 Å². The number of hydrogen-bond donors (Lipinski definition) is 13. The predicted molar refractivity (Wildman–Crippen MR) is 278 cm³/mol. The number of nitrogens with two attached hydrogens (primary N) is 1. The van der Waals surface area contributed by atoms with Gasteiger partial charge in [0.05, 0.1) is 43.0 Å². The van der Waals surface area contributed by atoms with E-state index in [1.54, 1.807) is 0 Å². The molecular formula is C51H81N8NaO19S. The number of carbonyl (C=O) groups is 8. The maximum atomic E-state index is 14.6. The Hall–Kier alpha value is -4.43. The van der Waals surface area contributed by atoms with Gasteiger partial charge in [-0.25, -0.2) is 0 Å². The normalized spacial score (nSPS) is 26.5. The summed E-state index contributed by atoms with van der Waals surface area (Å²) < 4.78 is 9.13. The number of β-amino-alcohol motifs (C(OH)–C–C–N with tert-alkyl or cyclic N) is 1. The Morgan fingerprint density at radius 2 is 1.36 bits per heavy atom. The minimum atomic E-state index is -2.19. The second kappa shape index (κ2) is 35.5. The number of hydrogen-bond acceptors (Lipinski definition) is 20. The van der Waals surface area contributed by atoms with Crippen molar-refractivity contribution in [1.82, 2.24) is 36.4 Å². The van der Waals surface area contributed by atoms with Crippen molar-refractivity contribution in [3.05, 3.63) is 23.8 Å². The fraction of sp³-hybridized carbons (Fsp3) is 0.725. The predicted octanol–water partition coefficient (Wildman–Crippen LogP) is -5.45. The van der Waals surface area contributed by atoms with Gasteiger partial charge in [0.25, 0.3) is 12.3 Å². The van der Waals surface area contributed by atoms with Crippen molar-refractivity contribution < 1.29 is 122 Å². The smallest absolute Gasteiger partial charge is 0.691 e. The van der Waals surface area contributed by atoms with Gasteiger partial charge in [0, 0.05) is 51.2 Å². The summed E-state index contributed by atoms with van der Waals surface area (Å²) >= 11 is 0.00590. The van der Waals surface area contributed by atoms with E-state index in [0.717, 1.165) is 61.0 Å². The Kier molecular flexibility index (Phi) is 31.0. The second-order valence-electron chi connectivity index (χ2n) is 20.8. The monoisotopic (exact) mass is 1160 g/mol. The molecule has 0 radical (unpaired) electrons. The van der Waals surface area contributed by atoms with Crippen molar-refractivity contribution in [1.29, 1.82) is 0 Å². The van der Waals surface area contributed by atoms with Gasteiger partial charge in [0.15, 0.2) is 11.5 Å². The summed E-state index contributed by atoms with van der Waals surface area (Å²) in [6.07, 6.45) is 0.681. The van der Waals surface area contributed by atoms with Crippen LogP contribution < -0.4 is 71.3 Å².